The van der Waals surface area contributed by atoms with E-state index in [-0.39, 0.29) is 0 Å². The lowest BCUT2D eigenvalue weighted by Crippen LogP contribution is -2.42. The average Bonchev–Trinajstić information content (AvgIpc) is 2.67. The van der Waals surface area contributed by atoms with Crippen molar-refractivity contribution in [2.45, 2.75) is 0 Å². The van der Waals surface area contributed by atoms with Crippen molar-refractivity contribution in [3.63, 3.8) is 0 Å². The van der Waals surface area contributed by atoms with Gasteiger partial charge in [-0.15, -0.1) is 0 Å². The summed E-state index contributed by atoms with van der Waals surface area (Å²) in [4.78, 5) is 2.20. The molecular formula is C22H20BrNO3. The van der Waals surface area contributed by atoms with Crippen LogP contribution in [-0.4, -0.2) is 28.4 Å². The molecule has 0 aliphatic heterocycles. The molecule has 0 heterocycles. The van der Waals surface area contributed by atoms with Gasteiger partial charge >= 0.3 is 0 Å². The van der Waals surface area contributed by atoms with Crippen LogP contribution in [0.3, 0.4) is 0 Å². The van der Waals surface area contributed by atoms with Gasteiger partial charge in [-0.3, -0.25) is 0 Å². The molecule has 0 saturated heterocycles. The number of hydrogen-bond donors (Lipinski definition) is 0. The monoisotopic (exact) mass is 425 g/mol. The topological polar surface area (TPSA) is 30.9 Å². The van der Waals surface area contributed by atoms with Crippen LogP contribution in [0, 0.1) is 0 Å². The van der Waals surface area contributed by atoms with Crippen LogP contribution in [0.4, 0.5) is 5.69 Å². The first kappa shape index (κ1) is 17.7. The van der Waals surface area contributed by atoms with Gasteiger partial charge in [0, 0.05) is 33.0 Å². The summed E-state index contributed by atoms with van der Waals surface area (Å²) in [5.41, 5.74) is 2.23. The van der Waals surface area contributed by atoms with E-state index in [1.165, 1.54) is 0 Å². The average molecular weight is 426 g/mol. The summed E-state index contributed by atoms with van der Waals surface area (Å²) >= 11 is 3.67. The molecule has 0 N–H and O–H groups in total. The fourth-order valence-electron chi connectivity index (χ4n) is 3.56. The minimum absolute atomic E-state index is 0.719. The molecule has 4 rings (SSSR count). The highest BCUT2D eigenvalue weighted by molar-refractivity contribution is 9.10. The molecule has 0 atom stereocenters. The van der Waals surface area contributed by atoms with Crippen LogP contribution in [-0.2, 0) is 0 Å². The Hall–Kier alpha value is -2.66. The van der Waals surface area contributed by atoms with E-state index in [1.807, 2.05) is 24.3 Å². The highest BCUT2D eigenvalue weighted by atomic mass is 79.9. The summed E-state index contributed by atoms with van der Waals surface area (Å²) in [6.45, 7) is 0. The number of hydrogen-bond acceptors (Lipinski definition) is 4. The van der Waals surface area contributed by atoms with Crippen LogP contribution < -0.4 is 29.5 Å². The number of nitrogens with zero attached hydrogens (tertiary/aromatic N) is 1. The number of halogens is 1. The van der Waals surface area contributed by atoms with Gasteiger partial charge in [-0.1, -0.05) is 28.1 Å². The molecule has 27 heavy (non-hydrogen) atoms. The van der Waals surface area contributed by atoms with Crippen LogP contribution in [0.5, 0.6) is 17.2 Å². The molecule has 3 aromatic carbocycles. The van der Waals surface area contributed by atoms with Gasteiger partial charge in [-0.05, 0) is 41.8 Å². The summed E-state index contributed by atoms with van der Waals surface area (Å²) in [5.74, 6) is 2.33. The summed E-state index contributed by atoms with van der Waals surface area (Å²) in [6.07, 6.45) is 2.15. The third-order valence-corrected chi connectivity index (χ3v) is 5.66. The molecule has 5 heteroatoms. The molecule has 0 aromatic heterocycles. The van der Waals surface area contributed by atoms with Crippen LogP contribution in [0.25, 0.3) is 22.5 Å². The van der Waals surface area contributed by atoms with Crippen LogP contribution in [0.1, 0.15) is 0 Å². The lowest BCUT2D eigenvalue weighted by molar-refractivity contribution is 0.356. The molecular weight excluding hydrogens is 406 g/mol. The van der Waals surface area contributed by atoms with Crippen molar-refractivity contribution < 1.29 is 14.2 Å². The second kappa shape index (κ2) is 6.82. The van der Waals surface area contributed by atoms with Gasteiger partial charge in [0.25, 0.3) is 0 Å². The number of benzene rings is 3. The van der Waals surface area contributed by atoms with E-state index in [0.29, 0.717) is 0 Å². The number of ether oxygens (including phenoxy) is 3. The maximum atomic E-state index is 5.50. The smallest absolute Gasteiger partial charge is 0.161 e. The van der Waals surface area contributed by atoms with Crippen molar-refractivity contribution in [1.82, 2.24) is 0 Å². The Kier molecular flexibility index (Phi) is 4.48. The summed E-state index contributed by atoms with van der Waals surface area (Å²) in [7, 11) is 7.08. The predicted octanol–water partition coefficient (Wildman–Crippen LogP) is 3.67. The molecule has 0 unspecified atom stereocenters. The van der Waals surface area contributed by atoms with E-state index in [9.17, 15) is 0 Å². The van der Waals surface area contributed by atoms with E-state index < -0.39 is 0 Å². The lowest BCUT2D eigenvalue weighted by Gasteiger charge is -2.27. The van der Waals surface area contributed by atoms with E-state index in [0.717, 1.165) is 54.3 Å². The highest BCUT2D eigenvalue weighted by Crippen LogP contribution is 2.37. The Morgan fingerprint density at radius 1 is 0.852 bits per heavy atom. The van der Waals surface area contributed by atoms with Gasteiger partial charge in [0.2, 0.25) is 0 Å². The first-order valence-corrected chi connectivity index (χ1v) is 9.35. The van der Waals surface area contributed by atoms with Crippen LogP contribution in [0.2, 0.25) is 0 Å². The van der Waals surface area contributed by atoms with Crippen molar-refractivity contribution in [3.8, 4) is 17.2 Å². The Balaban J connectivity index is 1.90. The third-order valence-electron chi connectivity index (χ3n) is 5.00. The van der Waals surface area contributed by atoms with E-state index >= 15 is 0 Å². The molecule has 3 aromatic rings. The Bertz CT molecular complexity index is 1170. The standard InChI is InChI=1S/C22H20BrNO3/c1-24(18-11-15-19(25-2)9-8-16(23)22(15)18)17-7-5-6-13-10-20(26-3)21(27-4)12-14(13)17/h5-12H,1-4H3. The SMILES string of the molecule is COc1cc2cccc(N(C)C3=c4c(Br)ccc(OC)c4=C3)c2cc1OC. The molecule has 0 spiro atoms. The number of anilines is 1. The molecule has 0 bridgehead atoms. The van der Waals surface area contributed by atoms with Gasteiger partial charge in [-0.25, -0.2) is 0 Å². The summed E-state index contributed by atoms with van der Waals surface area (Å²) in [5, 5.41) is 4.48. The fourth-order valence-corrected chi connectivity index (χ4v) is 4.11. The van der Waals surface area contributed by atoms with E-state index in [4.69, 9.17) is 14.2 Å². The van der Waals surface area contributed by atoms with Gasteiger partial charge in [0.05, 0.1) is 27.0 Å². The largest absolute Gasteiger partial charge is 0.496 e. The maximum Gasteiger partial charge on any atom is 0.161 e. The second-order valence-corrected chi connectivity index (χ2v) is 7.19. The van der Waals surface area contributed by atoms with Crippen molar-refractivity contribution >= 4 is 44.2 Å². The predicted molar refractivity (Wildman–Crippen MR) is 113 cm³/mol. The molecule has 0 fully saturated rings. The second-order valence-electron chi connectivity index (χ2n) is 6.33. The first-order chi connectivity index (χ1) is 13.1. The normalized spacial score (nSPS) is 12.1. The first-order valence-electron chi connectivity index (χ1n) is 8.56. The van der Waals surface area contributed by atoms with Gasteiger partial charge < -0.3 is 19.1 Å². The highest BCUT2D eigenvalue weighted by Gasteiger charge is 2.19. The van der Waals surface area contributed by atoms with E-state index in [2.05, 4.69) is 52.2 Å². The van der Waals surface area contributed by atoms with E-state index in [1.54, 1.807) is 21.3 Å². The molecule has 4 nitrogen and oxygen atoms in total. The van der Waals surface area contributed by atoms with Crippen LogP contribution in [0.15, 0.2) is 46.9 Å². The molecule has 0 saturated carbocycles. The zero-order chi connectivity index (χ0) is 19.1. The number of methoxy groups -OCH3 is 3. The number of rotatable bonds is 5. The van der Waals surface area contributed by atoms with Gasteiger partial charge in [0.15, 0.2) is 11.5 Å². The fraction of sp³-hybridized carbons (Fsp3) is 0.182. The summed E-state index contributed by atoms with van der Waals surface area (Å²) in [6, 6.07) is 14.3. The van der Waals surface area contributed by atoms with Crippen molar-refractivity contribution in [3.05, 3.63) is 57.4 Å². The molecule has 1 aliphatic carbocycles. The Morgan fingerprint density at radius 2 is 1.56 bits per heavy atom. The Morgan fingerprint density at radius 3 is 2.26 bits per heavy atom. The summed E-state index contributed by atoms with van der Waals surface area (Å²) < 4.78 is 17.5. The molecule has 138 valence electrons. The lowest BCUT2D eigenvalue weighted by atomic mass is 10.0. The minimum Gasteiger partial charge on any atom is -0.496 e. The Labute approximate surface area is 166 Å². The third kappa shape index (κ3) is 2.73. The quantitative estimate of drug-likeness (QED) is 0.623. The zero-order valence-electron chi connectivity index (χ0n) is 15.7. The minimum atomic E-state index is 0.719. The van der Waals surface area contributed by atoms with Gasteiger partial charge in [-0.2, -0.15) is 0 Å². The maximum absolute atomic E-state index is 5.50. The molecule has 0 radical (unpaired) electrons. The van der Waals surface area contributed by atoms with Crippen molar-refractivity contribution in [1.29, 1.82) is 0 Å². The zero-order valence-corrected chi connectivity index (χ0v) is 17.3. The molecule has 1 aliphatic rings. The molecule has 0 amide bonds. The van der Waals surface area contributed by atoms with Crippen molar-refractivity contribution in [2.75, 3.05) is 33.3 Å². The number of fused-ring (bicyclic) bond motifs is 2. The van der Waals surface area contributed by atoms with Crippen LogP contribution >= 0.6 is 15.9 Å². The van der Waals surface area contributed by atoms with Crippen molar-refractivity contribution in [2.24, 2.45) is 0 Å². The van der Waals surface area contributed by atoms with Gasteiger partial charge in [0.1, 0.15) is 5.75 Å².